The lowest BCUT2D eigenvalue weighted by molar-refractivity contribution is 0.0718. The summed E-state index contributed by atoms with van der Waals surface area (Å²) in [7, 11) is 4.52. The van der Waals surface area contributed by atoms with E-state index < -0.39 is 0 Å². The van der Waals surface area contributed by atoms with Gasteiger partial charge in [-0.15, -0.1) is 0 Å². The molecule has 1 fully saturated rings. The maximum Gasteiger partial charge on any atom is 0.272 e. The standard InChI is InChI=1S/C21H25N3O5/c1-27-17-12-15(13-18(28-2)19(17)29-3)23-20(25)14-7-8-22-16(11-14)21(26)24-9-5-4-6-10-24/h7-8,11-13H,4-6,9-10H2,1-3H3,(H,23,25). The number of aromatic nitrogens is 1. The minimum atomic E-state index is -0.366. The van der Waals surface area contributed by atoms with Gasteiger partial charge in [0.1, 0.15) is 5.69 Å². The lowest BCUT2D eigenvalue weighted by Crippen LogP contribution is -2.36. The van der Waals surface area contributed by atoms with Gasteiger partial charge >= 0.3 is 0 Å². The van der Waals surface area contributed by atoms with Crippen molar-refractivity contribution in [3.05, 3.63) is 41.7 Å². The second-order valence-corrected chi connectivity index (χ2v) is 6.65. The van der Waals surface area contributed by atoms with E-state index in [2.05, 4.69) is 10.3 Å². The number of anilines is 1. The van der Waals surface area contributed by atoms with Gasteiger partial charge in [-0.05, 0) is 31.4 Å². The van der Waals surface area contributed by atoms with Crippen LogP contribution in [-0.4, -0.2) is 56.1 Å². The second kappa shape index (κ2) is 9.27. The highest BCUT2D eigenvalue weighted by Crippen LogP contribution is 2.40. The van der Waals surface area contributed by atoms with E-state index in [0.717, 1.165) is 32.4 Å². The molecule has 2 amide bonds. The van der Waals surface area contributed by atoms with Gasteiger partial charge in [0.15, 0.2) is 11.5 Å². The molecule has 1 aromatic carbocycles. The molecule has 29 heavy (non-hydrogen) atoms. The molecule has 8 nitrogen and oxygen atoms in total. The fraction of sp³-hybridized carbons (Fsp3) is 0.381. The number of hydrogen-bond donors (Lipinski definition) is 1. The molecule has 0 radical (unpaired) electrons. The number of methoxy groups -OCH3 is 3. The largest absolute Gasteiger partial charge is 0.493 e. The number of likely N-dealkylation sites (tertiary alicyclic amines) is 1. The maximum atomic E-state index is 12.7. The Morgan fingerprint density at radius 2 is 1.62 bits per heavy atom. The minimum absolute atomic E-state index is 0.146. The zero-order chi connectivity index (χ0) is 20.8. The Balaban J connectivity index is 1.80. The Morgan fingerprint density at radius 3 is 2.21 bits per heavy atom. The Kier molecular flexibility index (Phi) is 6.54. The number of rotatable bonds is 6. The van der Waals surface area contributed by atoms with Crippen molar-refractivity contribution in [2.75, 3.05) is 39.7 Å². The van der Waals surface area contributed by atoms with E-state index in [9.17, 15) is 9.59 Å². The van der Waals surface area contributed by atoms with Crippen molar-refractivity contribution < 1.29 is 23.8 Å². The van der Waals surface area contributed by atoms with E-state index in [4.69, 9.17) is 14.2 Å². The fourth-order valence-electron chi connectivity index (χ4n) is 3.30. The zero-order valence-electron chi connectivity index (χ0n) is 16.9. The predicted molar refractivity (Wildman–Crippen MR) is 108 cm³/mol. The van der Waals surface area contributed by atoms with Crippen LogP contribution in [0.25, 0.3) is 0 Å². The Hall–Kier alpha value is -3.29. The van der Waals surface area contributed by atoms with Crippen LogP contribution >= 0.6 is 0 Å². The van der Waals surface area contributed by atoms with Crippen LogP contribution in [0.1, 0.15) is 40.1 Å². The SMILES string of the molecule is COc1cc(NC(=O)c2ccnc(C(=O)N3CCCCC3)c2)cc(OC)c1OC. The van der Waals surface area contributed by atoms with Crippen LogP contribution in [0.4, 0.5) is 5.69 Å². The first-order valence-electron chi connectivity index (χ1n) is 9.44. The minimum Gasteiger partial charge on any atom is -0.493 e. The average molecular weight is 399 g/mol. The highest BCUT2D eigenvalue weighted by molar-refractivity contribution is 6.06. The molecule has 8 heteroatoms. The summed E-state index contributed by atoms with van der Waals surface area (Å²) in [5, 5.41) is 2.80. The van der Waals surface area contributed by atoms with Crippen LogP contribution in [0.5, 0.6) is 17.2 Å². The molecule has 1 N–H and O–H groups in total. The maximum absolute atomic E-state index is 12.7. The van der Waals surface area contributed by atoms with Gasteiger partial charge < -0.3 is 24.4 Å². The molecule has 0 unspecified atom stereocenters. The monoisotopic (exact) mass is 399 g/mol. The lowest BCUT2D eigenvalue weighted by atomic mass is 10.1. The second-order valence-electron chi connectivity index (χ2n) is 6.65. The van der Waals surface area contributed by atoms with Gasteiger partial charge in [-0.25, -0.2) is 0 Å². The third-order valence-electron chi connectivity index (χ3n) is 4.81. The third kappa shape index (κ3) is 4.59. The zero-order valence-corrected chi connectivity index (χ0v) is 16.9. The number of amides is 2. The van der Waals surface area contributed by atoms with Gasteiger partial charge in [-0.3, -0.25) is 14.6 Å². The molecule has 1 aliphatic rings. The molecule has 1 aliphatic heterocycles. The number of carbonyl (C=O) groups excluding carboxylic acids is 2. The van der Waals surface area contributed by atoms with Crippen LogP contribution in [0.15, 0.2) is 30.5 Å². The third-order valence-corrected chi connectivity index (χ3v) is 4.81. The number of nitrogens with one attached hydrogen (secondary N) is 1. The quantitative estimate of drug-likeness (QED) is 0.803. The summed E-state index contributed by atoms with van der Waals surface area (Å²) >= 11 is 0. The molecular formula is C21H25N3O5. The van der Waals surface area contributed by atoms with E-state index in [1.54, 1.807) is 23.1 Å². The van der Waals surface area contributed by atoms with E-state index >= 15 is 0 Å². The topological polar surface area (TPSA) is 90.0 Å². The number of hydrogen-bond acceptors (Lipinski definition) is 6. The number of benzene rings is 1. The molecule has 0 aliphatic carbocycles. The van der Waals surface area contributed by atoms with Crippen molar-refractivity contribution in [3.63, 3.8) is 0 Å². The molecule has 3 rings (SSSR count). The first-order valence-corrected chi connectivity index (χ1v) is 9.44. The molecule has 1 saturated heterocycles. The summed E-state index contributed by atoms with van der Waals surface area (Å²) in [4.78, 5) is 31.3. The van der Waals surface area contributed by atoms with E-state index in [1.807, 2.05) is 0 Å². The molecule has 2 heterocycles. The van der Waals surface area contributed by atoms with Gasteiger partial charge in [-0.2, -0.15) is 0 Å². The van der Waals surface area contributed by atoms with E-state index in [-0.39, 0.29) is 17.5 Å². The van der Waals surface area contributed by atoms with E-state index in [0.29, 0.717) is 28.5 Å². The normalized spacial score (nSPS) is 13.6. The van der Waals surface area contributed by atoms with Crippen LogP contribution in [0.3, 0.4) is 0 Å². The fourth-order valence-corrected chi connectivity index (χ4v) is 3.30. The van der Waals surface area contributed by atoms with Crippen molar-refractivity contribution in [2.45, 2.75) is 19.3 Å². The predicted octanol–water partition coefficient (Wildman–Crippen LogP) is 2.99. The Bertz CT molecular complexity index is 869. The summed E-state index contributed by atoms with van der Waals surface area (Å²) in [6.45, 7) is 1.45. The van der Waals surface area contributed by atoms with Crippen LogP contribution < -0.4 is 19.5 Å². The molecular weight excluding hydrogens is 374 g/mol. The Morgan fingerprint density at radius 1 is 0.966 bits per heavy atom. The number of pyridine rings is 1. The van der Waals surface area contributed by atoms with Crippen LogP contribution in [-0.2, 0) is 0 Å². The molecule has 0 spiro atoms. The average Bonchev–Trinajstić information content (AvgIpc) is 2.78. The lowest BCUT2D eigenvalue weighted by Gasteiger charge is -2.26. The van der Waals surface area contributed by atoms with Crippen LogP contribution in [0, 0.1) is 0 Å². The molecule has 0 bridgehead atoms. The van der Waals surface area contributed by atoms with Gasteiger partial charge in [0.2, 0.25) is 5.75 Å². The molecule has 2 aromatic rings. The van der Waals surface area contributed by atoms with Gasteiger partial charge in [0.25, 0.3) is 11.8 Å². The summed E-state index contributed by atoms with van der Waals surface area (Å²) in [6, 6.07) is 6.37. The highest BCUT2D eigenvalue weighted by Gasteiger charge is 2.21. The number of nitrogens with zero attached hydrogens (tertiary/aromatic N) is 2. The van der Waals surface area contributed by atoms with Crippen molar-refractivity contribution in [2.24, 2.45) is 0 Å². The molecule has 0 saturated carbocycles. The van der Waals surface area contributed by atoms with Crippen LogP contribution in [0.2, 0.25) is 0 Å². The van der Waals surface area contributed by atoms with Gasteiger partial charge in [-0.1, -0.05) is 0 Å². The summed E-state index contributed by atoms with van der Waals surface area (Å²) < 4.78 is 15.9. The van der Waals surface area contributed by atoms with Crippen molar-refractivity contribution in [1.82, 2.24) is 9.88 Å². The number of ether oxygens (including phenoxy) is 3. The van der Waals surface area contributed by atoms with Crippen molar-refractivity contribution in [1.29, 1.82) is 0 Å². The van der Waals surface area contributed by atoms with Gasteiger partial charge in [0.05, 0.1) is 21.3 Å². The first-order chi connectivity index (χ1) is 14.1. The van der Waals surface area contributed by atoms with Gasteiger partial charge in [0, 0.05) is 42.7 Å². The summed E-state index contributed by atoms with van der Waals surface area (Å²) in [5.41, 5.74) is 1.09. The van der Waals surface area contributed by atoms with Crippen molar-refractivity contribution in [3.8, 4) is 17.2 Å². The van der Waals surface area contributed by atoms with Crippen molar-refractivity contribution >= 4 is 17.5 Å². The number of carbonyl (C=O) groups is 2. The summed E-state index contributed by atoms with van der Waals surface area (Å²) in [5.74, 6) is 0.781. The highest BCUT2D eigenvalue weighted by atomic mass is 16.5. The Labute approximate surface area is 169 Å². The molecule has 1 aromatic heterocycles. The number of piperidine rings is 1. The first kappa shape index (κ1) is 20.4. The smallest absolute Gasteiger partial charge is 0.272 e. The molecule has 154 valence electrons. The molecule has 0 atom stereocenters. The van der Waals surface area contributed by atoms with E-state index in [1.165, 1.54) is 33.6 Å². The summed E-state index contributed by atoms with van der Waals surface area (Å²) in [6.07, 6.45) is 4.59.